The Morgan fingerprint density at radius 3 is 2.10 bits per heavy atom. The van der Waals surface area contributed by atoms with Crippen molar-refractivity contribution in [2.45, 2.75) is 0 Å². The van der Waals surface area contributed by atoms with Crippen molar-refractivity contribution in [3.63, 3.8) is 0 Å². The molecule has 20 heavy (non-hydrogen) atoms. The third-order valence-electron chi connectivity index (χ3n) is 2.38. The predicted octanol–water partition coefficient (Wildman–Crippen LogP) is 3.58. The van der Waals surface area contributed by atoms with Crippen LogP contribution in [0.5, 0.6) is 0 Å². The van der Waals surface area contributed by atoms with Gasteiger partial charge < -0.3 is 10.6 Å². The molecule has 0 saturated carbocycles. The molecule has 0 aliphatic heterocycles. The Bertz CT molecular complexity index is 639. The third kappa shape index (κ3) is 2.53. The van der Waals surface area contributed by atoms with Crippen LogP contribution < -0.4 is 10.6 Å². The summed E-state index contributed by atoms with van der Waals surface area (Å²) in [6.07, 6.45) is 1.12. The highest BCUT2D eigenvalue weighted by Crippen LogP contribution is 2.32. The summed E-state index contributed by atoms with van der Waals surface area (Å²) in [6.45, 7) is 0. The maximum Gasteiger partial charge on any atom is 0.185 e. The minimum atomic E-state index is -1.54. The van der Waals surface area contributed by atoms with Crippen molar-refractivity contribution in [2.24, 2.45) is 0 Å². The minimum Gasteiger partial charge on any atom is -0.372 e. The molecule has 2 N–H and O–H groups in total. The van der Waals surface area contributed by atoms with Crippen molar-refractivity contribution >= 4 is 33.3 Å². The van der Waals surface area contributed by atoms with Gasteiger partial charge in [-0.15, -0.1) is 0 Å². The van der Waals surface area contributed by atoms with Crippen LogP contribution in [0.4, 0.5) is 34.9 Å². The van der Waals surface area contributed by atoms with Crippen molar-refractivity contribution in [2.75, 3.05) is 17.7 Å². The SMILES string of the molecule is CNc1ncnc(Nc2c(F)c(F)cc(F)c2F)c1Br. The quantitative estimate of drug-likeness (QED) is 0.656. The van der Waals surface area contributed by atoms with E-state index in [-0.39, 0.29) is 16.4 Å². The molecule has 1 heterocycles. The number of nitrogens with one attached hydrogen (secondary N) is 2. The first-order valence-corrected chi connectivity index (χ1v) is 6.03. The van der Waals surface area contributed by atoms with Gasteiger partial charge in [-0.25, -0.2) is 27.5 Å². The molecule has 0 radical (unpaired) electrons. The lowest BCUT2D eigenvalue weighted by Crippen LogP contribution is -2.06. The Morgan fingerprint density at radius 1 is 1.00 bits per heavy atom. The van der Waals surface area contributed by atoms with Crippen molar-refractivity contribution in [3.05, 3.63) is 40.1 Å². The lowest BCUT2D eigenvalue weighted by molar-refractivity contribution is 0.459. The first kappa shape index (κ1) is 14.5. The van der Waals surface area contributed by atoms with Crippen LogP contribution in [0.15, 0.2) is 16.9 Å². The predicted molar refractivity (Wildman–Crippen MR) is 68.8 cm³/mol. The van der Waals surface area contributed by atoms with Gasteiger partial charge in [0.15, 0.2) is 23.3 Å². The van der Waals surface area contributed by atoms with E-state index in [0.717, 1.165) is 6.33 Å². The Balaban J connectivity index is 2.51. The molecule has 0 bridgehead atoms. The van der Waals surface area contributed by atoms with Crippen molar-refractivity contribution in [1.82, 2.24) is 9.97 Å². The summed E-state index contributed by atoms with van der Waals surface area (Å²) in [7, 11) is 1.57. The molecule has 2 aromatic rings. The molecule has 1 aromatic heterocycles. The van der Waals surface area contributed by atoms with Crippen LogP contribution in [0, 0.1) is 23.3 Å². The molecule has 0 amide bonds. The van der Waals surface area contributed by atoms with Crippen molar-refractivity contribution in [3.8, 4) is 0 Å². The highest BCUT2D eigenvalue weighted by Gasteiger charge is 2.20. The Labute approximate surface area is 119 Å². The van der Waals surface area contributed by atoms with E-state index in [0.29, 0.717) is 5.82 Å². The summed E-state index contributed by atoms with van der Waals surface area (Å²) in [5.74, 6) is -5.82. The molecule has 1 aromatic carbocycles. The summed E-state index contributed by atoms with van der Waals surface area (Å²) >= 11 is 3.10. The monoisotopic (exact) mass is 350 g/mol. The number of halogens is 5. The van der Waals surface area contributed by atoms with Crippen LogP contribution in [0.25, 0.3) is 0 Å². The van der Waals surface area contributed by atoms with E-state index in [2.05, 4.69) is 36.5 Å². The molecule has 0 aliphatic carbocycles. The average molecular weight is 351 g/mol. The van der Waals surface area contributed by atoms with Crippen molar-refractivity contribution in [1.29, 1.82) is 0 Å². The van der Waals surface area contributed by atoms with Crippen molar-refractivity contribution < 1.29 is 17.6 Å². The normalized spacial score (nSPS) is 10.5. The minimum absolute atomic E-state index is 0.0489. The molecule has 0 aliphatic rings. The number of rotatable bonds is 3. The van der Waals surface area contributed by atoms with Crippen LogP contribution in [-0.4, -0.2) is 17.0 Å². The largest absolute Gasteiger partial charge is 0.372 e. The second kappa shape index (κ2) is 5.61. The fraction of sp³-hybridized carbons (Fsp3) is 0.0909. The third-order valence-corrected chi connectivity index (χ3v) is 3.13. The molecule has 4 nitrogen and oxygen atoms in total. The number of nitrogens with zero attached hydrogens (tertiary/aromatic N) is 2. The summed E-state index contributed by atoms with van der Waals surface area (Å²) < 4.78 is 53.5. The standard InChI is InChI=1S/C11H7BrF4N4/c1-17-10-6(12)11(19-3-18-10)20-9-7(15)4(13)2-5(14)8(9)16/h2-3H,1H3,(H2,17,18,19,20). The smallest absolute Gasteiger partial charge is 0.185 e. The van der Waals surface area contributed by atoms with E-state index in [1.54, 1.807) is 7.05 Å². The van der Waals surface area contributed by atoms with E-state index < -0.39 is 29.0 Å². The Morgan fingerprint density at radius 2 is 1.55 bits per heavy atom. The Kier molecular flexibility index (Phi) is 4.07. The number of hydrogen-bond acceptors (Lipinski definition) is 4. The lowest BCUT2D eigenvalue weighted by Gasteiger charge is -2.12. The number of anilines is 3. The molecule has 0 atom stereocenters. The fourth-order valence-corrected chi connectivity index (χ4v) is 1.93. The molecule has 106 valence electrons. The van der Waals surface area contributed by atoms with E-state index >= 15 is 0 Å². The molecule has 0 fully saturated rings. The molecule has 0 saturated heterocycles. The zero-order valence-corrected chi connectivity index (χ0v) is 11.5. The first-order chi connectivity index (χ1) is 9.45. The molecular formula is C11H7BrF4N4. The topological polar surface area (TPSA) is 49.8 Å². The second-order valence-corrected chi connectivity index (χ2v) is 4.40. The van der Waals surface area contributed by atoms with Gasteiger partial charge in [0, 0.05) is 13.1 Å². The number of aromatic nitrogens is 2. The molecule has 2 rings (SSSR count). The zero-order chi connectivity index (χ0) is 14.9. The van der Waals surface area contributed by atoms with Gasteiger partial charge in [-0.2, -0.15) is 0 Å². The van der Waals surface area contributed by atoms with E-state index in [1.807, 2.05) is 0 Å². The summed E-state index contributed by atoms with van der Waals surface area (Å²) in [5.41, 5.74) is -0.969. The first-order valence-electron chi connectivity index (χ1n) is 5.24. The maximum absolute atomic E-state index is 13.5. The van der Waals surface area contributed by atoms with Gasteiger partial charge in [0.05, 0.1) is 0 Å². The van der Waals surface area contributed by atoms with E-state index in [1.165, 1.54) is 0 Å². The van der Waals surface area contributed by atoms with Gasteiger partial charge in [0.1, 0.15) is 28.1 Å². The number of hydrogen-bond donors (Lipinski definition) is 2. The van der Waals surface area contributed by atoms with Gasteiger partial charge >= 0.3 is 0 Å². The van der Waals surface area contributed by atoms with Crippen LogP contribution in [0.3, 0.4) is 0 Å². The average Bonchev–Trinajstić information content (AvgIpc) is 2.43. The van der Waals surface area contributed by atoms with Crippen LogP contribution in [-0.2, 0) is 0 Å². The van der Waals surface area contributed by atoms with Gasteiger partial charge in [-0.3, -0.25) is 0 Å². The van der Waals surface area contributed by atoms with Gasteiger partial charge in [-0.05, 0) is 15.9 Å². The Hall–Kier alpha value is -1.90. The van der Waals surface area contributed by atoms with E-state index in [4.69, 9.17) is 0 Å². The summed E-state index contributed by atoms with van der Waals surface area (Å²) in [5, 5.41) is 4.90. The molecular weight excluding hydrogens is 344 g/mol. The second-order valence-electron chi connectivity index (χ2n) is 3.60. The van der Waals surface area contributed by atoms with Crippen LogP contribution in [0.2, 0.25) is 0 Å². The highest BCUT2D eigenvalue weighted by molar-refractivity contribution is 9.10. The maximum atomic E-state index is 13.5. The summed E-state index contributed by atoms with van der Waals surface area (Å²) in [6, 6.07) is 0.129. The molecule has 9 heteroatoms. The highest BCUT2D eigenvalue weighted by atomic mass is 79.9. The van der Waals surface area contributed by atoms with Gasteiger partial charge in [-0.1, -0.05) is 0 Å². The molecule has 0 spiro atoms. The van der Waals surface area contributed by atoms with Crippen LogP contribution in [0.1, 0.15) is 0 Å². The number of benzene rings is 1. The molecule has 0 unspecified atom stereocenters. The lowest BCUT2D eigenvalue weighted by atomic mass is 10.2. The van der Waals surface area contributed by atoms with Gasteiger partial charge in [0.25, 0.3) is 0 Å². The zero-order valence-electron chi connectivity index (χ0n) is 9.94. The fourth-order valence-electron chi connectivity index (χ4n) is 1.43. The van der Waals surface area contributed by atoms with Crippen LogP contribution >= 0.6 is 15.9 Å². The van der Waals surface area contributed by atoms with E-state index in [9.17, 15) is 17.6 Å². The van der Waals surface area contributed by atoms with Gasteiger partial charge in [0.2, 0.25) is 0 Å². The summed E-state index contributed by atoms with van der Waals surface area (Å²) in [4.78, 5) is 7.57.